The summed E-state index contributed by atoms with van der Waals surface area (Å²) < 4.78 is 0. The molecule has 0 N–H and O–H groups in total. The van der Waals surface area contributed by atoms with Crippen LogP contribution in [0.4, 0.5) is 0 Å². The molecular weight excluding hydrogens is 268 g/mol. The van der Waals surface area contributed by atoms with E-state index in [2.05, 4.69) is 0 Å². The minimum absolute atomic E-state index is 0.0237. The molecule has 2 aromatic rings. The molecular formula is C16H12N2OS. The van der Waals surface area contributed by atoms with Gasteiger partial charge in [-0.25, -0.2) is 0 Å². The summed E-state index contributed by atoms with van der Waals surface area (Å²) in [7, 11) is 0. The minimum atomic E-state index is -0.818. The molecule has 0 aliphatic carbocycles. The van der Waals surface area contributed by atoms with E-state index < -0.39 is 5.92 Å². The smallest absolute Gasteiger partial charge is 0.173 e. The van der Waals surface area contributed by atoms with E-state index in [1.54, 1.807) is 6.07 Å². The standard InChI is InChI=1S/C16H12N2OS/c17-10-13(11-18)14(12-5-2-1-3-6-12)9-15(19)16-7-4-8-20-16/h1-8,13-14H,9H2. The van der Waals surface area contributed by atoms with Gasteiger partial charge in [-0.2, -0.15) is 10.5 Å². The summed E-state index contributed by atoms with van der Waals surface area (Å²) in [5.41, 5.74) is 0.852. The third-order valence-electron chi connectivity index (χ3n) is 3.11. The number of thiophene rings is 1. The zero-order valence-corrected chi connectivity index (χ0v) is 11.5. The first kappa shape index (κ1) is 14.0. The van der Waals surface area contributed by atoms with E-state index in [1.165, 1.54) is 11.3 Å². The Morgan fingerprint density at radius 3 is 2.35 bits per heavy atom. The molecule has 0 fully saturated rings. The number of nitrogens with zero attached hydrogens (tertiary/aromatic N) is 2. The molecule has 3 nitrogen and oxygen atoms in total. The van der Waals surface area contributed by atoms with Crippen LogP contribution in [-0.2, 0) is 0 Å². The van der Waals surface area contributed by atoms with Gasteiger partial charge >= 0.3 is 0 Å². The number of benzene rings is 1. The minimum Gasteiger partial charge on any atom is -0.293 e. The summed E-state index contributed by atoms with van der Waals surface area (Å²) in [6.45, 7) is 0. The molecule has 1 aromatic heterocycles. The molecule has 1 atom stereocenters. The summed E-state index contributed by atoms with van der Waals surface area (Å²) in [5, 5.41) is 20.1. The highest BCUT2D eigenvalue weighted by Crippen LogP contribution is 2.29. The van der Waals surface area contributed by atoms with Gasteiger partial charge in [0.05, 0.1) is 17.0 Å². The summed E-state index contributed by atoms with van der Waals surface area (Å²) >= 11 is 1.38. The van der Waals surface area contributed by atoms with E-state index in [1.807, 2.05) is 53.9 Å². The Labute approximate surface area is 121 Å². The van der Waals surface area contributed by atoms with Crippen molar-refractivity contribution in [2.45, 2.75) is 12.3 Å². The third kappa shape index (κ3) is 3.12. The van der Waals surface area contributed by atoms with Crippen LogP contribution in [0.15, 0.2) is 47.8 Å². The molecule has 1 aromatic carbocycles. The molecule has 0 radical (unpaired) electrons. The maximum absolute atomic E-state index is 12.2. The SMILES string of the molecule is N#CC(C#N)C(CC(=O)c1cccs1)c1ccccc1. The molecule has 2 rings (SSSR count). The van der Waals surface area contributed by atoms with Crippen LogP contribution in [0.5, 0.6) is 0 Å². The van der Waals surface area contributed by atoms with Crippen LogP contribution in [0.3, 0.4) is 0 Å². The highest BCUT2D eigenvalue weighted by Gasteiger charge is 2.26. The predicted octanol–water partition coefficient (Wildman–Crippen LogP) is 3.77. The lowest BCUT2D eigenvalue weighted by molar-refractivity contribution is 0.0975. The lowest BCUT2D eigenvalue weighted by Gasteiger charge is -2.16. The van der Waals surface area contributed by atoms with Crippen molar-refractivity contribution >= 4 is 17.1 Å². The van der Waals surface area contributed by atoms with E-state index in [-0.39, 0.29) is 18.1 Å². The fourth-order valence-corrected chi connectivity index (χ4v) is 2.75. The van der Waals surface area contributed by atoms with Gasteiger partial charge in [0.25, 0.3) is 0 Å². The average Bonchev–Trinajstić information content (AvgIpc) is 3.02. The molecule has 0 aliphatic heterocycles. The van der Waals surface area contributed by atoms with Gasteiger partial charge in [-0.1, -0.05) is 36.4 Å². The second-order valence-electron chi connectivity index (χ2n) is 4.36. The van der Waals surface area contributed by atoms with Crippen molar-refractivity contribution in [3.05, 3.63) is 58.3 Å². The third-order valence-corrected chi connectivity index (χ3v) is 4.02. The molecule has 1 heterocycles. The van der Waals surface area contributed by atoms with Gasteiger partial charge in [-0.15, -0.1) is 11.3 Å². The fourth-order valence-electron chi connectivity index (χ4n) is 2.07. The second-order valence-corrected chi connectivity index (χ2v) is 5.31. The lowest BCUT2D eigenvalue weighted by atomic mass is 9.83. The number of ketones is 1. The zero-order valence-electron chi connectivity index (χ0n) is 10.7. The van der Waals surface area contributed by atoms with Gasteiger partial charge in [0.1, 0.15) is 5.92 Å². The lowest BCUT2D eigenvalue weighted by Crippen LogP contribution is -2.14. The number of Topliss-reactive ketones (excluding diaryl/α,β-unsaturated/α-hetero) is 1. The van der Waals surface area contributed by atoms with Gasteiger partial charge in [0.2, 0.25) is 0 Å². The number of hydrogen-bond donors (Lipinski definition) is 0. The van der Waals surface area contributed by atoms with Crippen LogP contribution in [0, 0.1) is 28.6 Å². The first-order valence-corrected chi connectivity index (χ1v) is 7.05. The molecule has 1 unspecified atom stereocenters. The highest BCUT2D eigenvalue weighted by molar-refractivity contribution is 7.12. The first-order valence-electron chi connectivity index (χ1n) is 6.17. The Morgan fingerprint density at radius 2 is 1.80 bits per heavy atom. The molecule has 20 heavy (non-hydrogen) atoms. The maximum Gasteiger partial charge on any atom is 0.173 e. The second kappa shape index (κ2) is 6.65. The monoisotopic (exact) mass is 280 g/mol. The van der Waals surface area contributed by atoms with Crippen LogP contribution >= 0.6 is 11.3 Å². The van der Waals surface area contributed by atoms with Crippen molar-refractivity contribution in [2.24, 2.45) is 5.92 Å². The van der Waals surface area contributed by atoms with Crippen molar-refractivity contribution in [3.8, 4) is 12.1 Å². The van der Waals surface area contributed by atoms with Crippen molar-refractivity contribution in [3.63, 3.8) is 0 Å². The quantitative estimate of drug-likeness (QED) is 0.783. The number of rotatable bonds is 5. The summed E-state index contributed by atoms with van der Waals surface area (Å²) in [5.74, 6) is -1.23. The van der Waals surface area contributed by atoms with Crippen molar-refractivity contribution in [2.75, 3.05) is 0 Å². The summed E-state index contributed by atoms with van der Waals surface area (Å²) in [4.78, 5) is 12.9. The number of nitriles is 2. The zero-order chi connectivity index (χ0) is 14.4. The Hall–Kier alpha value is -2.43. The Kier molecular flexibility index (Phi) is 4.65. The van der Waals surface area contributed by atoms with Crippen molar-refractivity contribution in [1.29, 1.82) is 10.5 Å². The van der Waals surface area contributed by atoms with E-state index in [4.69, 9.17) is 10.5 Å². The number of carbonyl (C=O) groups excluding carboxylic acids is 1. The summed E-state index contributed by atoms with van der Waals surface area (Å²) in [6.07, 6.45) is 0.177. The average molecular weight is 280 g/mol. The highest BCUT2D eigenvalue weighted by atomic mass is 32.1. The molecule has 4 heteroatoms. The largest absolute Gasteiger partial charge is 0.293 e. The normalized spacial score (nSPS) is 11.6. The molecule has 0 saturated heterocycles. The Bertz CT molecular complexity index is 636. The van der Waals surface area contributed by atoms with E-state index in [0.29, 0.717) is 4.88 Å². The topological polar surface area (TPSA) is 64.7 Å². The first-order chi connectivity index (χ1) is 9.76. The Balaban J connectivity index is 2.27. The molecule has 98 valence electrons. The molecule has 0 aliphatic rings. The van der Waals surface area contributed by atoms with Crippen molar-refractivity contribution < 1.29 is 4.79 Å². The van der Waals surface area contributed by atoms with E-state index in [9.17, 15) is 4.79 Å². The predicted molar refractivity (Wildman–Crippen MR) is 77.2 cm³/mol. The van der Waals surface area contributed by atoms with Gasteiger partial charge in [-0.3, -0.25) is 4.79 Å². The van der Waals surface area contributed by atoms with Gasteiger partial charge in [-0.05, 0) is 17.0 Å². The fraction of sp³-hybridized carbons (Fsp3) is 0.188. The van der Waals surface area contributed by atoms with Crippen LogP contribution in [-0.4, -0.2) is 5.78 Å². The molecule has 0 bridgehead atoms. The van der Waals surface area contributed by atoms with E-state index in [0.717, 1.165) is 5.56 Å². The van der Waals surface area contributed by atoms with Gasteiger partial charge in [0.15, 0.2) is 5.78 Å². The summed E-state index contributed by atoms with van der Waals surface area (Å²) in [6, 6.07) is 16.9. The molecule has 0 spiro atoms. The van der Waals surface area contributed by atoms with Crippen LogP contribution in [0.1, 0.15) is 27.6 Å². The Morgan fingerprint density at radius 1 is 1.10 bits per heavy atom. The number of carbonyl (C=O) groups is 1. The van der Waals surface area contributed by atoms with Crippen molar-refractivity contribution in [1.82, 2.24) is 0 Å². The molecule has 0 amide bonds. The van der Waals surface area contributed by atoms with Gasteiger partial charge < -0.3 is 0 Å². The maximum atomic E-state index is 12.2. The van der Waals surface area contributed by atoms with Crippen LogP contribution in [0.25, 0.3) is 0 Å². The van der Waals surface area contributed by atoms with Crippen LogP contribution < -0.4 is 0 Å². The van der Waals surface area contributed by atoms with Crippen LogP contribution in [0.2, 0.25) is 0 Å². The molecule has 0 saturated carbocycles. The number of hydrogen-bond acceptors (Lipinski definition) is 4. The van der Waals surface area contributed by atoms with E-state index >= 15 is 0 Å². The van der Waals surface area contributed by atoms with Gasteiger partial charge in [0, 0.05) is 12.3 Å².